The quantitative estimate of drug-likeness (QED) is 0.849. The summed E-state index contributed by atoms with van der Waals surface area (Å²) in [4.78, 5) is 14.4. The summed E-state index contributed by atoms with van der Waals surface area (Å²) in [7, 11) is 0. The molecule has 116 valence electrons. The highest BCUT2D eigenvalue weighted by molar-refractivity contribution is 6.30. The highest BCUT2D eigenvalue weighted by Gasteiger charge is 2.31. The van der Waals surface area contributed by atoms with Gasteiger partial charge in [0.2, 0.25) is 5.91 Å². The van der Waals surface area contributed by atoms with Gasteiger partial charge in [-0.15, -0.1) is 0 Å². The Morgan fingerprint density at radius 2 is 2.10 bits per heavy atom. The van der Waals surface area contributed by atoms with Crippen LogP contribution in [0.4, 0.5) is 5.69 Å². The van der Waals surface area contributed by atoms with Crippen LogP contribution < -0.4 is 11.1 Å². The summed E-state index contributed by atoms with van der Waals surface area (Å²) in [6.45, 7) is 4.09. The number of carbonyl (C=O) groups excluding carboxylic acids is 1. The van der Waals surface area contributed by atoms with Crippen LogP contribution in [-0.2, 0) is 4.79 Å². The third kappa shape index (κ3) is 4.43. The van der Waals surface area contributed by atoms with E-state index in [1.165, 1.54) is 12.8 Å². The van der Waals surface area contributed by atoms with Crippen LogP contribution in [0.3, 0.4) is 0 Å². The molecule has 1 amide bonds. The smallest absolute Gasteiger partial charge is 0.238 e. The Morgan fingerprint density at radius 1 is 1.38 bits per heavy atom. The molecule has 4 nitrogen and oxygen atoms in total. The van der Waals surface area contributed by atoms with Gasteiger partial charge in [0.15, 0.2) is 0 Å². The van der Waals surface area contributed by atoms with E-state index < -0.39 is 0 Å². The molecule has 0 aromatic heterocycles. The lowest BCUT2D eigenvalue weighted by atomic mass is 10.0. The SMILES string of the molecule is CCN(CC(=O)Nc1ccc(Cl)cc1)C1CCCC1CN. The topological polar surface area (TPSA) is 58.4 Å². The molecule has 5 heteroatoms. The second-order valence-corrected chi connectivity index (χ2v) is 6.05. The second kappa shape index (κ2) is 7.78. The van der Waals surface area contributed by atoms with Crippen LogP contribution >= 0.6 is 11.6 Å². The number of nitrogens with zero attached hydrogens (tertiary/aromatic N) is 1. The molecule has 1 aromatic carbocycles. The predicted octanol–water partition coefficient (Wildman–Crippen LogP) is 2.73. The second-order valence-electron chi connectivity index (χ2n) is 5.61. The first-order chi connectivity index (χ1) is 10.1. The number of hydrogen-bond donors (Lipinski definition) is 2. The lowest BCUT2D eigenvalue weighted by molar-refractivity contribution is -0.118. The van der Waals surface area contributed by atoms with Gasteiger partial charge in [0.05, 0.1) is 6.54 Å². The summed E-state index contributed by atoms with van der Waals surface area (Å²) in [5, 5.41) is 3.59. The zero-order chi connectivity index (χ0) is 15.2. The summed E-state index contributed by atoms with van der Waals surface area (Å²) < 4.78 is 0. The van der Waals surface area contributed by atoms with E-state index in [-0.39, 0.29) is 5.91 Å². The molecule has 2 atom stereocenters. The van der Waals surface area contributed by atoms with Crippen molar-refractivity contribution in [3.8, 4) is 0 Å². The van der Waals surface area contributed by atoms with E-state index in [4.69, 9.17) is 17.3 Å². The molecule has 1 aliphatic rings. The van der Waals surface area contributed by atoms with Crippen molar-refractivity contribution < 1.29 is 4.79 Å². The molecular weight excluding hydrogens is 286 g/mol. The van der Waals surface area contributed by atoms with Crippen molar-refractivity contribution in [3.05, 3.63) is 29.3 Å². The standard InChI is InChI=1S/C16H24ClN3O/c1-2-20(15-5-3-4-12(15)10-18)11-16(21)19-14-8-6-13(17)7-9-14/h6-9,12,15H,2-5,10-11,18H2,1H3,(H,19,21). The molecule has 0 bridgehead atoms. The Morgan fingerprint density at radius 3 is 2.71 bits per heavy atom. The maximum atomic E-state index is 12.2. The number of nitrogens with two attached hydrogens (primary N) is 1. The number of anilines is 1. The maximum Gasteiger partial charge on any atom is 0.238 e. The highest BCUT2D eigenvalue weighted by atomic mass is 35.5. The minimum Gasteiger partial charge on any atom is -0.330 e. The van der Waals surface area contributed by atoms with Crippen LogP contribution in [0.25, 0.3) is 0 Å². The fourth-order valence-electron chi connectivity index (χ4n) is 3.15. The van der Waals surface area contributed by atoms with Gasteiger partial charge in [-0.25, -0.2) is 0 Å². The Balaban J connectivity index is 1.91. The third-order valence-corrected chi connectivity index (χ3v) is 4.52. The van der Waals surface area contributed by atoms with Crippen LogP contribution in [0.15, 0.2) is 24.3 Å². The summed E-state index contributed by atoms with van der Waals surface area (Å²) in [6.07, 6.45) is 3.53. The van der Waals surface area contributed by atoms with E-state index in [2.05, 4.69) is 17.1 Å². The molecule has 0 spiro atoms. The molecule has 0 aliphatic heterocycles. The number of benzene rings is 1. The van der Waals surface area contributed by atoms with Gasteiger partial charge >= 0.3 is 0 Å². The van der Waals surface area contributed by atoms with E-state index in [0.29, 0.717) is 30.1 Å². The van der Waals surface area contributed by atoms with E-state index in [0.717, 1.165) is 18.7 Å². The lowest BCUT2D eigenvalue weighted by Gasteiger charge is -2.31. The van der Waals surface area contributed by atoms with Crippen molar-refractivity contribution in [2.24, 2.45) is 11.7 Å². The van der Waals surface area contributed by atoms with Gasteiger partial charge < -0.3 is 11.1 Å². The van der Waals surface area contributed by atoms with Crippen LogP contribution in [0.1, 0.15) is 26.2 Å². The van der Waals surface area contributed by atoms with Crippen LogP contribution in [0.5, 0.6) is 0 Å². The normalized spacial score (nSPS) is 21.7. The zero-order valence-corrected chi connectivity index (χ0v) is 13.3. The van der Waals surface area contributed by atoms with Gasteiger partial charge in [-0.2, -0.15) is 0 Å². The Kier molecular flexibility index (Phi) is 6.03. The highest BCUT2D eigenvalue weighted by Crippen LogP contribution is 2.29. The summed E-state index contributed by atoms with van der Waals surface area (Å²) in [5.41, 5.74) is 6.63. The average molecular weight is 310 g/mol. The minimum absolute atomic E-state index is 0.0156. The van der Waals surface area contributed by atoms with E-state index in [9.17, 15) is 4.79 Å². The van der Waals surface area contributed by atoms with Gasteiger partial charge in [-0.3, -0.25) is 9.69 Å². The first kappa shape index (κ1) is 16.3. The number of hydrogen-bond acceptors (Lipinski definition) is 3. The van der Waals surface area contributed by atoms with Crippen LogP contribution in [-0.4, -0.2) is 36.5 Å². The minimum atomic E-state index is 0.0156. The third-order valence-electron chi connectivity index (χ3n) is 4.27. The molecule has 3 N–H and O–H groups in total. The lowest BCUT2D eigenvalue weighted by Crippen LogP contribution is -2.44. The number of nitrogens with one attached hydrogen (secondary N) is 1. The van der Waals surface area contributed by atoms with Crippen molar-refractivity contribution in [2.45, 2.75) is 32.2 Å². The predicted molar refractivity (Wildman–Crippen MR) is 87.5 cm³/mol. The molecule has 0 saturated heterocycles. The Hall–Kier alpha value is -1.10. The van der Waals surface area contributed by atoms with Crippen molar-refractivity contribution >= 4 is 23.2 Å². The van der Waals surface area contributed by atoms with Gasteiger partial charge in [0.25, 0.3) is 0 Å². The first-order valence-electron chi connectivity index (χ1n) is 7.63. The van der Waals surface area contributed by atoms with E-state index in [1.54, 1.807) is 12.1 Å². The Bertz CT molecular complexity index is 463. The molecule has 21 heavy (non-hydrogen) atoms. The molecule has 2 unspecified atom stereocenters. The number of likely N-dealkylation sites (N-methyl/N-ethyl adjacent to an activating group) is 1. The summed E-state index contributed by atoms with van der Waals surface area (Å²) in [6, 6.07) is 7.62. The van der Waals surface area contributed by atoms with Crippen molar-refractivity contribution in [1.82, 2.24) is 4.90 Å². The van der Waals surface area contributed by atoms with Crippen LogP contribution in [0, 0.1) is 5.92 Å². The number of carbonyl (C=O) groups is 1. The average Bonchev–Trinajstić information content (AvgIpc) is 2.95. The molecule has 1 aliphatic carbocycles. The summed E-state index contributed by atoms with van der Waals surface area (Å²) in [5.74, 6) is 0.537. The molecule has 1 fully saturated rings. The molecule has 1 saturated carbocycles. The van der Waals surface area contributed by atoms with Crippen molar-refractivity contribution in [1.29, 1.82) is 0 Å². The number of halogens is 1. The molecule has 2 rings (SSSR count). The molecule has 1 aromatic rings. The molecular formula is C16H24ClN3O. The monoisotopic (exact) mass is 309 g/mol. The maximum absolute atomic E-state index is 12.2. The van der Waals surface area contributed by atoms with Crippen molar-refractivity contribution in [3.63, 3.8) is 0 Å². The number of rotatable bonds is 6. The fourth-order valence-corrected chi connectivity index (χ4v) is 3.28. The molecule has 0 heterocycles. The molecule has 0 radical (unpaired) electrons. The zero-order valence-electron chi connectivity index (χ0n) is 12.5. The first-order valence-corrected chi connectivity index (χ1v) is 8.01. The van der Waals surface area contributed by atoms with E-state index in [1.807, 2.05) is 12.1 Å². The van der Waals surface area contributed by atoms with Gasteiger partial charge in [0.1, 0.15) is 0 Å². The van der Waals surface area contributed by atoms with Crippen LogP contribution in [0.2, 0.25) is 5.02 Å². The van der Waals surface area contributed by atoms with Gasteiger partial charge in [-0.1, -0.05) is 24.9 Å². The largest absolute Gasteiger partial charge is 0.330 e. The summed E-state index contributed by atoms with van der Waals surface area (Å²) >= 11 is 5.84. The van der Waals surface area contributed by atoms with E-state index >= 15 is 0 Å². The van der Waals surface area contributed by atoms with Gasteiger partial charge in [-0.05, 0) is 56.1 Å². The Labute approximate surface area is 131 Å². The fraction of sp³-hybridized carbons (Fsp3) is 0.562. The van der Waals surface area contributed by atoms with Crippen molar-refractivity contribution in [2.75, 3.05) is 25.0 Å². The van der Waals surface area contributed by atoms with Gasteiger partial charge in [0, 0.05) is 16.8 Å². The number of amides is 1.